The molecule has 1 aromatic heterocycles. The number of carbonyl (C=O) groups is 2. The molecule has 3 rings (SSSR count). The molecule has 2 aromatic rings. The number of H-pyrrole nitrogens is 1. The van der Waals surface area contributed by atoms with Crippen LogP contribution in [0.2, 0.25) is 5.02 Å². The van der Waals surface area contributed by atoms with Crippen molar-refractivity contribution in [3.05, 3.63) is 35.0 Å². The summed E-state index contributed by atoms with van der Waals surface area (Å²) in [7, 11) is 0. The van der Waals surface area contributed by atoms with Gasteiger partial charge in [0.1, 0.15) is 5.69 Å². The molecule has 2 heterocycles. The first-order valence-electron chi connectivity index (χ1n) is 7.34. The summed E-state index contributed by atoms with van der Waals surface area (Å²) in [5.74, 6) is -0.710. The monoisotopic (exact) mass is 319 g/mol. The number of nitrogens with zero attached hydrogens (tertiary/aromatic N) is 1. The van der Waals surface area contributed by atoms with Gasteiger partial charge in [0.15, 0.2) is 0 Å². The molecule has 1 saturated heterocycles. The summed E-state index contributed by atoms with van der Waals surface area (Å²) in [6, 6.07) is 7.33. The molecule has 1 aromatic carbocycles. The standard InChI is InChI=1S/C16H18ClN3O2/c1-9-2-3-10(15(18)21)8-20(9)16(22)14-7-11-6-12(17)4-5-13(11)19-14/h4-7,9-10,19H,2-3,8H2,1H3,(H2,18,21)/t9-,10+/m0/s1. The second kappa shape index (κ2) is 5.65. The molecule has 1 aliphatic heterocycles. The van der Waals surface area contributed by atoms with Gasteiger partial charge >= 0.3 is 0 Å². The van der Waals surface area contributed by atoms with Crippen LogP contribution in [0.25, 0.3) is 10.9 Å². The van der Waals surface area contributed by atoms with Gasteiger partial charge in [0, 0.05) is 28.5 Å². The van der Waals surface area contributed by atoms with Gasteiger partial charge in [-0.1, -0.05) is 11.6 Å². The van der Waals surface area contributed by atoms with E-state index < -0.39 is 0 Å². The summed E-state index contributed by atoms with van der Waals surface area (Å²) in [6.07, 6.45) is 1.52. The van der Waals surface area contributed by atoms with Gasteiger partial charge in [-0.05, 0) is 44.0 Å². The van der Waals surface area contributed by atoms with E-state index >= 15 is 0 Å². The Balaban J connectivity index is 1.88. The molecule has 1 aliphatic rings. The van der Waals surface area contributed by atoms with Crippen LogP contribution in [0.1, 0.15) is 30.3 Å². The van der Waals surface area contributed by atoms with Crippen molar-refractivity contribution >= 4 is 34.3 Å². The highest BCUT2D eigenvalue weighted by Crippen LogP contribution is 2.25. The number of aromatic amines is 1. The molecule has 5 nitrogen and oxygen atoms in total. The van der Waals surface area contributed by atoms with E-state index in [1.807, 2.05) is 19.1 Å². The summed E-state index contributed by atoms with van der Waals surface area (Å²) in [5, 5.41) is 1.53. The smallest absolute Gasteiger partial charge is 0.270 e. The number of rotatable bonds is 2. The lowest BCUT2D eigenvalue weighted by atomic mass is 9.92. The van der Waals surface area contributed by atoms with Crippen molar-refractivity contribution in [3.63, 3.8) is 0 Å². The third kappa shape index (κ3) is 2.68. The molecule has 0 unspecified atom stereocenters. The fourth-order valence-electron chi connectivity index (χ4n) is 3.00. The number of fused-ring (bicyclic) bond motifs is 1. The Labute approximate surface area is 133 Å². The van der Waals surface area contributed by atoms with Crippen LogP contribution in [0.15, 0.2) is 24.3 Å². The second-order valence-corrected chi connectivity index (χ2v) is 6.33. The van der Waals surface area contributed by atoms with Crippen LogP contribution >= 0.6 is 11.6 Å². The van der Waals surface area contributed by atoms with Crippen molar-refractivity contribution < 1.29 is 9.59 Å². The maximum atomic E-state index is 12.7. The van der Waals surface area contributed by atoms with E-state index in [-0.39, 0.29) is 23.8 Å². The van der Waals surface area contributed by atoms with Gasteiger partial charge in [0.25, 0.3) is 5.91 Å². The summed E-state index contributed by atoms with van der Waals surface area (Å²) in [6.45, 7) is 2.38. The minimum absolute atomic E-state index is 0.0955. The summed E-state index contributed by atoms with van der Waals surface area (Å²) < 4.78 is 0. The molecule has 116 valence electrons. The van der Waals surface area contributed by atoms with Crippen LogP contribution in [0.4, 0.5) is 0 Å². The van der Waals surface area contributed by atoms with E-state index in [0.29, 0.717) is 17.3 Å². The molecule has 0 saturated carbocycles. The number of carbonyl (C=O) groups excluding carboxylic acids is 2. The minimum atomic E-state index is -0.340. The van der Waals surface area contributed by atoms with Crippen molar-refractivity contribution in [2.24, 2.45) is 11.7 Å². The Morgan fingerprint density at radius 1 is 1.32 bits per heavy atom. The molecule has 3 N–H and O–H groups in total. The van der Waals surface area contributed by atoms with Crippen molar-refractivity contribution in [2.75, 3.05) is 6.54 Å². The molecule has 22 heavy (non-hydrogen) atoms. The van der Waals surface area contributed by atoms with Gasteiger partial charge in [0.05, 0.1) is 5.92 Å². The average molecular weight is 320 g/mol. The number of halogens is 1. The van der Waals surface area contributed by atoms with Crippen LogP contribution < -0.4 is 5.73 Å². The first kappa shape index (κ1) is 14.9. The molecular weight excluding hydrogens is 302 g/mol. The van der Waals surface area contributed by atoms with E-state index in [1.54, 1.807) is 17.0 Å². The zero-order valence-corrected chi connectivity index (χ0v) is 13.1. The first-order valence-corrected chi connectivity index (χ1v) is 7.72. The molecule has 2 amide bonds. The third-order valence-electron chi connectivity index (χ3n) is 4.36. The lowest BCUT2D eigenvalue weighted by Crippen LogP contribution is -2.48. The maximum Gasteiger partial charge on any atom is 0.270 e. The van der Waals surface area contributed by atoms with Gasteiger partial charge < -0.3 is 15.6 Å². The normalized spacial score (nSPS) is 22.0. The molecule has 0 spiro atoms. The Morgan fingerprint density at radius 2 is 2.09 bits per heavy atom. The van der Waals surface area contributed by atoms with Crippen molar-refractivity contribution in [3.8, 4) is 0 Å². The molecule has 0 aliphatic carbocycles. The van der Waals surface area contributed by atoms with Crippen LogP contribution in [0, 0.1) is 5.92 Å². The van der Waals surface area contributed by atoms with E-state index in [0.717, 1.165) is 23.7 Å². The highest BCUT2D eigenvalue weighted by atomic mass is 35.5. The van der Waals surface area contributed by atoms with Gasteiger partial charge in [-0.2, -0.15) is 0 Å². The zero-order chi connectivity index (χ0) is 15.9. The molecule has 1 fully saturated rings. The molecular formula is C16H18ClN3O2. The largest absolute Gasteiger partial charge is 0.369 e. The number of nitrogens with two attached hydrogens (primary N) is 1. The fourth-order valence-corrected chi connectivity index (χ4v) is 3.18. The van der Waals surface area contributed by atoms with Crippen LogP contribution in [-0.2, 0) is 4.79 Å². The highest BCUT2D eigenvalue weighted by molar-refractivity contribution is 6.31. The zero-order valence-electron chi connectivity index (χ0n) is 12.3. The number of hydrogen-bond acceptors (Lipinski definition) is 2. The number of hydrogen-bond donors (Lipinski definition) is 2. The van der Waals surface area contributed by atoms with Crippen LogP contribution in [-0.4, -0.2) is 34.3 Å². The number of amides is 2. The molecule has 6 heteroatoms. The third-order valence-corrected chi connectivity index (χ3v) is 4.59. The first-order chi connectivity index (χ1) is 10.5. The topological polar surface area (TPSA) is 79.2 Å². The lowest BCUT2D eigenvalue weighted by Gasteiger charge is -2.36. The molecule has 0 bridgehead atoms. The van der Waals surface area contributed by atoms with Crippen molar-refractivity contribution in [1.82, 2.24) is 9.88 Å². The second-order valence-electron chi connectivity index (χ2n) is 5.90. The number of primary amides is 1. The van der Waals surface area contributed by atoms with Crippen molar-refractivity contribution in [1.29, 1.82) is 0 Å². The highest BCUT2D eigenvalue weighted by Gasteiger charge is 2.32. The summed E-state index contributed by atoms with van der Waals surface area (Å²) in [5.41, 5.74) is 6.77. The molecule has 0 radical (unpaired) electrons. The SMILES string of the molecule is C[C@H]1CC[C@@H](C(N)=O)CN1C(=O)c1cc2cc(Cl)ccc2[nH]1. The number of nitrogens with one attached hydrogen (secondary N) is 1. The Kier molecular flexibility index (Phi) is 3.83. The number of piperidine rings is 1. The Hall–Kier alpha value is -2.01. The summed E-state index contributed by atoms with van der Waals surface area (Å²) >= 11 is 5.97. The number of benzene rings is 1. The number of likely N-dealkylation sites (tertiary alicyclic amines) is 1. The van der Waals surface area contributed by atoms with Gasteiger partial charge in [-0.25, -0.2) is 0 Å². The molecule has 2 atom stereocenters. The van der Waals surface area contributed by atoms with E-state index in [2.05, 4.69) is 4.98 Å². The van der Waals surface area contributed by atoms with Crippen LogP contribution in [0.5, 0.6) is 0 Å². The average Bonchev–Trinajstić information content (AvgIpc) is 2.89. The van der Waals surface area contributed by atoms with Crippen LogP contribution in [0.3, 0.4) is 0 Å². The quantitative estimate of drug-likeness (QED) is 0.892. The lowest BCUT2D eigenvalue weighted by molar-refractivity contribution is -0.123. The summed E-state index contributed by atoms with van der Waals surface area (Å²) in [4.78, 5) is 29.0. The Bertz CT molecular complexity index is 740. The van der Waals surface area contributed by atoms with E-state index in [9.17, 15) is 9.59 Å². The van der Waals surface area contributed by atoms with Gasteiger partial charge in [0.2, 0.25) is 5.91 Å². The van der Waals surface area contributed by atoms with Gasteiger partial charge in [-0.3, -0.25) is 9.59 Å². The maximum absolute atomic E-state index is 12.7. The van der Waals surface area contributed by atoms with Crippen molar-refractivity contribution in [2.45, 2.75) is 25.8 Å². The predicted octanol–water partition coefficient (Wildman–Crippen LogP) is 2.55. The Morgan fingerprint density at radius 3 is 2.82 bits per heavy atom. The number of aromatic nitrogens is 1. The fraction of sp³-hybridized carbons (Fsp3) is 0.375. The van der Waals surface area contributed by atoms with Gasteiger partial charge in [-0.15, -0.1) is 0 Å². The predicted molar refractivity (Wildman–Crippen MR) is 85.7 cm³/mol. The van der Waals surface area contributed by atoms with E-state index in [4.69, 9.17) is 17.3 Å². The van der Waals surface area contributed by atoms with E-state index in [1.165, 1.54) is 0 Å². The minimum Gasteiger partial charge on any atom is -0.369 e.